The van der Waals surface area contributed by atoms with Crippen molar-refractivity contribution in [2.45, 2.75) is 24.3 Å². The summed E-state index contributed by atoms with van der Waals surface area (Å²) in [5.41, 5.74) is 1.93. The Morgan fingerprint density at radius 3 is 2.48 bits per heavy atom. The minimum absolute atomic E-state index is 0.0747. The molecule has 0 unspecified atom stereocenters. The van der Waals surface area contributed by atoms with Crippen molar-refractivity contribution >= 4 is 67.6 Å². The third kappa shape index (κ3) is 6.01. The highest BCUT2D eigenvalue weighted by Crippen LogP contribution is 2.32. The Morgan fingerprint density at radius 1 is 0.968 bits per heavy atom. The molecule has 0 aliphatic carbocycles. The minimum Gasteiger partial charge on any atom is -0.284 e. The fourth-order valence-corrected chi connectivity index (χ4v) is 5.35. The highest BCUT2D eigenvalue weighted by molar-refractivity contribution is 7.99. The number of thioether (sulfide) groups is 1. The summed E-state index contributed by atoms with van der Waals surface area (Å²) in [5.74, 6) is 0.938. The zero-order valence-corrected chi connectivity index (χ0v) is 19.8. The molecule has 31 heavy (non-hydrogen) atoms. The number of amides is 1. The van der Waals surface area contributed by atoms with E-state index in [4.69, 9.17) is 28.2 Å². The molecule has 0 spiro atoms. The third-order valence-corrected chi connectivity index (χ3v) is 7.30. The second-order valence-electron chi connectivity index (χ2n) is 6.98. The zero-order chi connectivity index (χ0) is 21.6. The van der Waals surface area contributed by atoms with Crippen molar-refractivity contribution in [3.05, 3.63) is 88.4 Å². The molecule has 0 atom stereocenters. The molecule has 0 aliphatic rings. The van der Waals surface area contributed by atoms with Crippen LogP contribution < -0.4 is 4.90 Å². The van der Waals surface area contributed by atoms with Crippen LogP contribution in [0.4, 0.5) is 5.13 Å². The fraction of sp³-hybridized carbons (Fsp3) is 0.167. The summed E-state index contributed by atoms with van der Waals surface area (Å²) in [4.78, 5) is 20.8. The smallest absolute Gasteiger partial charge is 0.229 e. The quantitative estimate of drug-likeness (QED) is 0.189. The number of rotatable bonds is 8. The summed E-state index contributed by atoms with van der Waals surface area (Å²) in [6.45, 7) is 0.498. The summed E-state index contributed by atoms with van der Waals surface area (Å²) in [7, 11) is 0. The van der Waals surface area contributed by atoms with E-state index in [9.17, 15) is 4.79 Å². The van der Waals surface area contributed by atoms with E-state index < -0.39 is 0 Å². The van der Waals surface area contributed by atoms with E-state index in [1.54, 1.807) is 16.7 Å². The molecule has 0 saturated heterocycles. The van der Waals surface area contributed by atoms with Crippen LogP contribution in [0.2, 0.25) is 10.0 Å². The molecule has 0 fully saturated rings. The predicted molar refractivity (Wildman–Crippen MR) is 134 cm³/mol. The van der Waals surface area contributed by atoms with Crippen molar-refractivity contribution in [3.63, 3.8) is 0 Å². The SMILES string of the molecule is O=C(CCCSc1ccc(Cl)cc1)N(Cc1ccccc1)c1nc2ccc(Cl)cc2s1. The lowest BCUT2D eigenvalue weighted by Crippen LogP contribution is -2.30. The van der Waals surface area contributed by atoms with Crippen LogP contribution in [0, 0.1) is 0 Å². The predicted octanol–water partition coefficient (Wildman–Crippen LogP) is 7.71. The van der Waals surface area contributed by atoms with E-state index in [-0.39, 0.29) is 5.91 Å². The maximum atomic E-state index is 13.2. The molecule has 3 aromatic carbocycles. The van der Waals surface area contributed by atoms with E-state index in [2.05, 4.69) is 0 Å². The number of halogens is 2. The molecule has 158 valence electrons. The third-order valence-electron chi connectivity index (χ3n) is 4.67. The molecule has 4 rings (SSSR count). The van der Waals surface area contributed by atoms with Gasteiger partial charge in [-0.25, -0.2) is 4.98 Å². The van der Waals surface area contributed by atoms with Gasteiger partial charge in [0, 0.05) is 21.4 Å². The first kappa shape index (κ1) is 22.2. The molecule has 3 nitrogen and oxygen atoms in total. The van der Waals surface area contributed by atoms with Crippen molar-refractivity contribution in [1.29, 1.82) is 0 Å². The number of hydrogen-bond acceptors (Lipinski definition) is 4. The molecular weight excluding hydrogens is 467 g/mol. The minimum atomic E-state index is 0.0747. The Bertz CT molecular complexity index is 1160. The Kier molecular flexibility index (Phi) is 7.51. The lowest BCUT2D eigenvalue weighted by molar-refractivity contribution is -0.118. The zero-order valence-electron chi connectivity index (χ0n) is 16.6. The average molecular weight is 487 g/mol. The number of carbonyl (C=O) groups is 1. The van der Waals surface area contributed by atoms with Gasteiger partial charge in [-0.3, -0.25) is 9.69 Å². The van der Waals surface area contributed by atoms with Gasteiger partial charge in [0.15, 0.2) is 5.13 Å². The van der Waals surface area contributed by atoms with Crippen LogP contribution in [0.5, 0.6) is 0 Å². The van der Waals surface area contributed by atoms with Crippen molar-refractivity contribution in [1.82, 2.24) is 4.98 Å². The lowest BCUT2D eigenvalue weighted by atomic mass is 10.2. The first-order chi connectivity index (χ1) is 15.1. The maximum Gasteiger partial charge on any atom is 0.229 e. The second kappa shape index (κ2) is 10.5. The van der Waals surface area contributed by atoms with Gasteiger partial charge in [0.25, 0.3) is 0 Å². The molecule has 0 radical (unpaired) electrons. The van der Waals surface area contributed by atoms with E-state index >= 15 is 0 Å². The van der Waals surface area contributed by atoms with Gasteiger partial charge < -0.3 is 0 Å². The maximum absolute atomic E-state index is 13.2. The average Bonchev–Trinajstić information content (AvgIpc) is 3.19. The molecule has 0 aliphatic heterocycles. The normalized spacial score (nSPS) is 11.0. The summed E-state index contributed by atoms with van der Waals surface area (Å²) >= 11 is 15.3. The Labute approximate surface area is 200 Å². The molecule has 1 heterocycles. The molecule has 1 amide bonds. The van der Waals surface area contributed by atoms with Crippen LogP contribution in [-0.2, 0) is 11.3 Å². The van der Waals surface area contributed by atoms with E-state index in [1.165, 1.54) is 11.3 Å². The monoisotopic (exact) mass is 486 g/mol. The van der Waals surface area contributed by atoms with Crippen LogP contribution >= 0.6 is 46.3 Å². The molecule has 7 heteroatoms. The number of nitrogens with zero attached hydrogens (tertiary/aromatic N) is 2. The van der Waals surface area contributed by atoms with Gasteiger partial charge in [-0.05, 0) is 60.2 Å². The molecule has 1 aromatic heterocycles. The molecule has 0 bridgehead atoms. The number of aromatic nitrogens is 1. The van der Waals surface area contributed by atoms with Gasteiger partial charge >= 0.3 is 0 Å². The van der Waals surface area contributed by atoms with Crippen molar-refractivity contribution in [2.75, 3.05) is 10.7 Å². The van der Waals surface area contributed by atoms with Gasteiger partial charge in [-0.1, -0.05) is 64.9 Å². The number of thiazole rings is 1. The van der Waals surface area contributed by atoms with Crippen molar-refractivity contribution in [2.24, 2.45) is 0 Å². The number of anilines is 1. The van der Waals surface area contributed by atoms with Crippen molar-refractivity contribution in [3.8, 4) is 0 Å². The van der Waals surface area contributed by atoms with Crippen LogP contribution in [0.25, 0.3) is 10.2 Å². The Morgan fingerprint density at radius 2 is 1.71 bits per heavy atom. The van der Waals surface area contributed by atoms with Crippen LogP contribution in [0.15, 0.2) is 77.7 Å². The van der Waals surface area contributed by atoms with Gasteiger partial charge in [-0.2, -0.15) is 0 Å². The largest absolute Gasteiger partial charge is 0.284 e. The highest BCUT2D eigenvalue weighted by Gasteiger charge is 2.20. The molecule has 0 saturated carbocycles. The van der Waals surface area contributed by atoms with E-state index in [1.807, 2.05) is 72.8 Å². The van der Waals surface area contributed by atoms with Crippen LogP contribution in [0.1, 0.15) is 18.4 Å². The Hall–Kier alpha value is -2.05. The van der Waals surface area contributed by atoms with Gasteiger partial charge in [0.2, 0.25) is 5.91 Å². The van der Waals surface area contributed by atoms with Gasteiger partial charge in [-0.15, -0.1) is 11.8 Å². The summed E-state index contributed by atoms with van der Waals surface area (Å²) in [6.07, 6.45) is 1.25. The van der Waals surface area contributed by atoms with E-state index in [0.29, 0.717) is 23.1 Å². The second-order valence-corrected chi connectivity index (χ2v) is 10.0. The van der Waals surface area contributed by atoms with Crippen LogP contribution in [-0.4, -0.2) is 16.6 Å². The summed E-state index contributed by atoms with van der Waals surface area (Å²) in [5, 5.41) is 2.10. The topological polar surface area (TPSA) is 33.2 Å². The van der Waals surface area contributed by atoms with Crippen molar-refractivity contribution < 1.29 is 4.79 Å². The van der Waals surface area contributed by atoms with E-state index in [0.717, 1.165) is 37.9 Å². The molecular formula is C24H20Cl2N2OS2. The van der Waals surface area contributed by atoms with Gasteiger partial charge in [0.1, 0.15) is 0 Å². The Balaban J connectivity index is 1.46. The summed E-state index contributed by atoms with van der Waals surface area (Å²) in [6, 6.07) is 23.4. The molecule has 4 aromatic rings. The first-order valence-electron chi connectivity index (χ1n) is 9.87. The lowest BCUT2D eigenvalue weighted by Gasteiger charge is -2.20. The number of carbonyl (C=O) groups excluding carboxylic acids is 1. The number of benzene rings is 3. The standard InChI is InChI=1S/C24H20Cl2N2OS2/c25-18-8-11-20(12-9-18)30-14-4-7-23(29)28(16-17-5-2-1-3-6-17)24-27-21-13-10-19(26)15-22(21)31-24/h1-3,5-6,8-13,15H,4,7,14,16H2. The van der Waals surface area contributed by atoms with Crippen LogP contribution in [0.3, 0.4) is 0 Å². The fourth-order valence-electron chi connectivity index (χ4n) is 3.11. The first-order valence-corrected chi connectivity index (χ1v) is 12.4. The highest BCUT2D eigenvalue weighted by atomic mass is 35.5. The number of fused-ring (bicyclic) bond motifs is 1. The summed E-state index contributed by atoms with van der Waals surface area (Å²) < 4.78 is 0.978. The molecule has 0 N–H and O–H groups in total. The number of hydrogen-bond donors (Lipinski definition) is 0. The van der Waals surface area contributed by atoms with Gasteiger partial charge in [0.05, 0.1) is 16.8 Å².